The van der Waals surface area contributed by atoms with Gasteiger partial charge in [-0.3, -0.25) is 0 Å². The highest BCUT2D eigenvalue weighted by molar-refractivity contribution is 5.87. The van der Waals surface area contributed by atoms with Gasteiger partial charge >= 0.3 is 5.97 Å². The SMILES string of the molecule is C=C(C)C(=O)OC1(C2CC2)CCCC2CCCCC21. The first-order valence-electron chi connectivity index (χ1n) is 8.02. The molecule has 0 bridgehead atoms. The van der Waals surface area contributed by atoms with E-state index in [0.29, 0.717) is 17.4 Å². The zero-order chi connectivity index (χ0) is 13.5. The number of esters is 1. The van der Waals surface area contributed by atoms with Crippen LogP contribution >= 0.6 is 0 Å². The number of hydrogen-bond acceptors (Lipinski definition) is 2. The molecule has 3 aliphatic carbocycles. The summed E-state index contributed by atoms with van der Waals surface area (Å²) in [5, 5.41) is 0. The molecule has 0 aromatic heterocycles. The minimum Gasteiger partial charge on any atom is -0.455 e. The van der Waals surface area contributed by atoms with E-state index >= 15 is 0 Å². The van der Waals surface area contributed by atoms with Gasteiger partial charge in [0.25, 0.3) is 0 Å². The van der Waals surface area contributed by atoms with E-state index in [9.17, 15) is 4.79 Å². The fourth-order valence-corrected chi connectivity index (χ4v) is 4.57. The molecular formula is C17H26O2. The molecule has 0 amide bonds. The van der Waals surface area contributed by atoms with Crippen LogP contribution in [-0.2, 0) is 9.53 Å². The lowest BCUT2D eigenvalue weighted by Crippen LogP contribution is -2.51. The molecule has 2 nitrogen and oxygen atoms in total. The molecule has 3 rings (SSSR count). The van der Waals surface area contributed by atoms with E-state index in [1.165, 1.54) is 51.4 Å². The monoisotopic (exact) mass is 262 g/mol. The summed E-state index contributed by atoms with van der Waals surface area (Å²) in [6.07, 6.45) is 11.5. The molecule has 0 spiro atoms. The van der Waals surface area contributed by atoms with Crippen molar-refractivity contribution in [2.24, 2.45) is 17.8 Å². The van der Waals surface area contributed by atoms with Crippen LogP contribution in [0.1, 0.15) is 64.7 Å². The maximum Gasteiger partial charge on any atom is 0.333 e. The number of hydrogen-bond donors (Lipinski definition) is 0. The van der Waals surface area contributed by atoms with E-state index in [1.54, 1.807) is 6.92 Å². The summed E-state index contributed by atoms with van der Waals surface area (Å²) in [7, 11) is 0. The molecule has 0 aromatic carbocycles. The minimum absolute atomic E-state index is 0.126. The van der Waals surface area contributed by atoms with Crippen LogP contribution in [0.4, 0.5) is 0 Å². The van der Waals surface area contributed by atoms with Gasteiger partial charge in [-0.15, -0.1) is 0 Å². The molecule has 0 N–H and O–H groups in total. The van der Waals surface area contributed by atoms with Crippen molar-refractivity contribution in [2.75, 3.05) is 0 Å². The Morgan fingerprint density at radius 3 is 2.47 bits per heavy atom. The first-order valence-corrected chi connectivity index (χ1v) is 8.02. The molecule has 3 aliphatic rings. The fraction of sp³-hybridized carbons (Fsp3) is 0.824. The second-order valence-electron chi connectivity index (χ2n) is 6.94. The van der Waals surface area contributed by atoms with Crippen molar-refractivity contribution in [1.82, 2.24) is 0 Å². The third kappa shape index (κ3) is 2.34. The molecule has 19 heavy (non-hydrogen) atoms. The zero-order valence-corrected chi connectivity index (χ0v) is 12.1. The van der Waals surface area contributed by atoms with E-state index in [1.807, 2.05) is 0 Å². The van der Waals surface area contributed by atoms with Crippen LogP contribution in [0.2, 0.25) is 0 Å². The maximum atomic E-state index is 12.1. The standard InChI is InChI=1S/C17H26O2/c1-12(2)16(18)19-17(14-9-10-14)11-5-7-13-6-3-4-8-15(13)17/h13-15H,1,3-11H2,2H3. The van der Waals surface area contributed by atoms with Gasteiger partial charge in [0.2, 0.25) is 0 Å². The lowest BCUT2D eigenvalue weighted by Gasteiger charge is -2.50. The van der Waals surface area contributed by atoms with Gasteiger partial charge in [0.05, 0.1) is 0 Å². The quantitative estimate of drug-likeness (QED) is 0.561. The highest BCUT2D eigenvalue weighted by Crippen LogP contribution is 2.57. The first-order chi connectivity index (χ1) is 9.13. The number of carbonyl (C=O) groups excluding carboxylic acids is 1. The Labute approximate surface area is 116 Å². The number of ether oxygens (including phenoxy) is 1. The van der Waals surface area contributed by atoms with Gasteiger partial charge in [-0.1, -0.05) is 25.8 Å². The summed E-state index contributed by atoms with van der Waals surface area (Å²) >= 11 is 0. The molecule has 106 valence electrons. The normalized spacial score (nSPS) is 38.4. The van der Waals surface area contributed by atoms with E-state index in [-0.39, 0.29) is 11.6 Å². The molecule has 3 unspecified atom stereocenters. The van der Waals surface area contributed by atoms with E-state index in [4.69, 9.17) is 4.74 Å². The van der Waals surface area contributed by atoms with Gasteiger partial charge in [0, 0.05) is 11.5 Å². The highest BCUT2D eigenvalue weighted by Gasteiger charge is 2.56. The van der Waals surface area contributed by atoms with Crippen molar-refractivity contribution in [3.63, 3.8) is 0 Å². The fourth-order valence-electron chi connectivity index (χ4n) is 4.57. The van der Waals surface area contributed by atoms with Gasteiger partial charge in [0.1, 0.15) is 5.60 Å². The zero-order valence-electron chi connectivity index (χ0n) is 12.1. The molecule has 3 fully saturated rings. The lowest BCUT2D eigenvalue weighted by atomic mass is 9.61. The van der Waals surface area contributed by atoms with Crippen LogP contribution in [0.25, 0.3) is 0 Å². The summed E-state index contributed by atoms with van der Waals surface area (Å²) in [4.78, 5) is 12.1. The Bertz CT molecular complexity index is 381. The number of fused-ring (bicyclic) bond motifs is 1. The second-order valence-corrected chi connectivity index (χ2v) is 6.94. The summed E-state index contributed by atoms with van der Waals surface area (Å²) in [6, 6.07) is 0. The Balaban J connectivity index is 1.85. The molecule has 0 aliphatic heterocycles. The molecule has 0 aromatic rings. The van der Waals surface area contributed by atoms with Gasteiger partial charge < -0.3 is 4.74 Å². The number of rotatable bonds is 3. The van der Waals surface area contributed by atoms with Crippen LogP contribution in [0, 0.1) is 17.8 Å². The lowest BCUT2D eigenvalue weighted by molar-refractivity contribution is -0.178. The Morgan fingerprint density at radius 2 is 1.79 bits per heavy atom. The summed E-state index contributed by atoms with van der Waals surface area (Å²) in [5.41, 5.74) is 0.428. The minimum atomic E-state index is -0.155. The van der Waals surface area contributed by atoms with Crippen LogP contribution in [0.3, 0.4) is 0 Å². The highest BCUT2D eigenvalue weighted by atomic mass is 16.6. The predicted molar refractivity (Wildman–Crippen MR) is 75.7 cm³/mol. The average Bonchev–Trinajstić information content (AvgIpc) is 3.23. The number of carbonyl (C=O) groups is 1. The van der Waals surface area contributed by atoms with Gasteiger partial charge in [0.15, 0.2) is 0 Å². The summed E-state index contributed by atoms with van der Waals surface area (Å²) < 4.78 is 6.10. The Hall–Kier alpha value is -0.790. The summed E-state index contributed by atoms with van der Waals surface area (Å²) in [5.74, 6) is 1.92. The van der Waals surface area contributed by atoms with Crippen molar-refractivity contribution < 1.29 is 9.53 Å². The Morgan fingerprint density at radius 1 is 1.11 bits per heavy atom. The first kappa shape index (κ1) is 13.2. The second kappa shape index (κ2) is 4.96. The van der Waals surface area contributed by atoms with Crippen LogP contribution < -0.4 is 0 Å². The smallest absolute Gasteiger partial charge is 0.333 e. The van der Waals surface area contributed by atoms with Gasteiger partial charge in [-0.05, 0) is 57.3 Å². The van der Waals surface area contributed by atoms with Crippen LogP contribution in [0.5, 0.6) is 0 Å². The van der Waals surface area contributed by atoms with Gasteiger partial charge in [-0.25, -0.2) is 4.79 Å². The molecular weight excluding hydrogens is 236 g/mol. The molecule has 3 saturated carbocycles. The van der Waals surface area contributed by atoms with Crippen molar-refractivity contribution in [1.29, 1.82) is 0 Å². The van der Waals surface area contributed by atoms with E-state index in [2.05, 4.69) is 6.58 Å². The van der Waals surface area contributed by atoms with Crippen molar-refractivity contribution in [3.05, 3.63) is 12.2 Å². The van der Waals surface area contributed by atoms with Crippen LogP contribution in [0.15, 0.2) is 12.2 Å². The Kier molecular flexibility index (Phi) is 3.44. The van der Waals surface area contributed by atoms with Crippen molar-refractivity contribution >= 4 is 5.97 Å². The largest absolute Gasteiger partial charge is 0.455 e. The third-order valence-electron chi connectivity index (χ3n) is 5.58. The van der Waals surface area contributed by atoms with Crippen LogP contribution in [-0.4, -0.2) is 11.6 Å². The molecule has 0 saturated heterocycles. The van der Waals surface area contributed by atoms with Crippen molar-refractivity contribution in [2.45, 2.75) is 70.3 Å². The van der Waals surface area contributed by atoms with Gasteiger partial charge in [-0.2, -0.15) is 0 Å². The van der Waals surface area contributed by atoms with E-state index < -0.39 is 0 Å². The molecule has 0 heterocycles. The van der Waals surface area contributed by atoms with Crippen molar-refractivity contribution in [3.8, 4) is 0 Å². The third-order valence-corrected chi connectivity index (χ3v) is 5.58. The summed E-state index contributed by atoms with van der Waals surface area (Å²) in [6.45, 7) is 5.53. The molecule has 0 radical (unpaired) electrons. The molecule has 3 atom stereocenters. The topological polar surface area (TPSA) is 26.3 Å². The van der Waals surface area contributed by atoms with E-state index in [0.717, 1.165) is 12.3 Å². The maximum absolute atomic E-state index is 12.1. The average molecular weight is 262 g/mol. The predicted octanol–water partition coefficient (Wildman–Crippen LogP) is 4.24. The molecule has 2 heteroatoms.